The van der Waals surface area contributed by atoms with Crippen molar-refractivity contribution in [3.8, 4) is 0 Å². The minimum absolute atomic E-state index is 0.207. The number of hydrogen-bond donors (Lipinski definition) is 1. The fourth-order valence-electron chi connectivity index (χ4n) is 3.34. The summed E-state index contributed by atoms with van der Waals surface area (Å²) in [4.78, 5) is 15.0. The first-order valence-electron chi connectivity index (χ1n) is 7.50. The van der Waals surface area contributed by atoms with Gasteiger partial charge in [0.05, 0.1) is 5.41 Å². The molecule has 0 unspecified atom stereocenters. The molecule has 0 bridgehead atoms. The molecule has 0 aliphatic carbocycles. The second-order valence-corrected chi connectivity index (χ2v) is 6.81. The number of amides is 1. The normalized spacial score (nSPS) is 21.0. The lowest BCUT2D eigenvalue weighted by molar-refractivity contribution is -0.148. The van der Waals surface area contributed by atoms with E-state index in [1.165, 1.54) is 11.1 Å². The molecule has 0 aromatic heterocycles. The van der Waals surface area contributed by atoms with Crippen LogP contribution in [0.1, 0.15) is 24.0 Å². The SMILES string of the molecule is NCC1(C(=O)N2CCc3c(Br)cccc3C2)CCOCC1. The third-order valence-electron chi connectivity index (χ3n) is 4.79. The summed E-state index contributed by atoms with van der Waals surface area (Å²) in [5.41, 5.74) is 8.11. The summed E-state index contributed by atoms with van der Waals surface area (Å²) in [6.07, 6.45) is 2.38. The standard InChI is InChI=1S/C16H21BrN2O2/c17-14-3-1-2-12-10-19(7-4-13(12)14)15(20)16(11-18)5-8-21-9-6-16/h1-3H,4-11,18H2. The van der Waals surface area contributed by atoms with E-state index in [0.29, 0.717) is 26.3 Å². The Hall–Kier alpha value is -0.910. The van der Waals surface area contributed by atoms with Crippen molar-refractivity contribution in [2.75, 3.05) is 26.3 Å². The molecule has 0 atom stereocenters. The number of rotatable bonds is 2. The summed E-state index contributed by atoms with van der Waals surface area (Å²) in [7, 11) is 0. The maximum Gasteiger partial charge on any atom is 0.230 e. The van der Waals surface area contributed by atoms with Crippen molar-refractivity contribution in [1.29, 1.82) is 0 Å². The van der Waals surface area contributed by atoms with E-state index < -0.39 is 5.41 Å². The first-order chi connectivity index (χ1) is 10.2. The quantitative estimate of drug-likeness (QED) is 0.886. The zero-order valence-electron chi connectivity index (χ0n) is 12.1. The van der Waals surface area contributed by atoms with Gasteiger partial charge in [-0.25, -0.2) is 0 Å². The van der Waals surface area contributed by atoms with E-state index in [4.69, 9.17) is 10.5 Å². The van der Waals surface area contributed by atoms with Crippen molar-refractivity contribution in [2.45, 2.75) is 25.8 Å². The van der Waals surface area contributed by atoms with Crippen LogP contribution in [0.15, 0.2) is 22.7 Å². The molecule has 114 valence electrons. The van der Waals surface area contributed by atoms with E-state index in [0.717, 1.165) is 30.3 Å². The van der Waals surface area contributed by atoms with Crippen LogP contribution in [0.4, 0.5) is 0 Å². The van der Waals surface area contributed by atoms with Crippen LogP contribution in [-0.2, 0) is 22.5 Å². The Balaban J connectivity index is 1.80. The van der Waals surface area contributed by atoms with Crippen molar-refractivity contribution < 1.29 is 9.53 Å². The molecular formula is C16H21BrN2O2. The average Bonchev–Trinajstić information content (AvgIpc) is 2.54. The molecule has 2 heterocycles. The topological polar surface area (TPSA) is 55.6 Å². The number of carbonyl (C=O) groups is 1. The number of ether oxygens (including phenoxy) is 1. The predicted octanol–water partition coefficient (Wildman–Crippen LogP) is 2.09. The lowest BCUT2D eigenvalue weighted by atomic mass is 9.78. The molecule has 5 heteroatoms. The highest BCUT2D eigenvalue weighted by molar-refractivity contribution is 9.10. The van der Waals surface area contributed by atoms with E-state index >= 15 is 0 Å². The summed E-state index contributed by atoms with van der Waals surface area (Å²) in [5, 5.41) is 0. The van der Waals surface area contributed by atoms with E-state index in [-0.39, 0.29) is 5.91 Å². The molecule has 1 amide bonds. The molecule has 3 rings (SSSR count). The Morgan fingerprint density at radius 1 is 1.38 bits per heavy atom. The predicted molar refractivity (Wildman–Crippen MR) is 84.8 cm³/mol. The van der Waals surface area contributed by atoms with Crippen molar-refractivity contribution in [3.63, 3.8) is 0 Å². The smallest absolute Gasteiger partial charge is 0.230 e. The van der Waals surface area contributed by atoms with Crippen molar-refractivity contribution in [3.05, 3.63) is 33.8 Å². The number of hydrogen-bond acceptors (Lipinski definition) is 3. The molecule has 0 saturated carbocycles. The Morgan fingerprint density at radius 3 is 2.86 bits per heavy atom. The largest absolute Gasteiger partial charge is 0.381 e. The maximum absolute atomic E-state index is 13.0. The minimum atomic E-state index is -0.415. The van der Waals surface area contributed by atoms with E-state index in [9.17, 15) is 4.79 Å². The van der Waals surface area contributed by atoms with Crippen LogP contribution in [0, 0.1) is 5.41 Å². The van der Waals surface area contributed by atoms with Crippen LogP contribution in [0.2, 0.25) is 0 Å². The summed E-state index contributed by atoms with van der Waals surface area (Å²) < 4.78 is 6.55. The lowest BCUT2D eigenvalue weighted by Gasteiger charge is -2.40. The van der Waals surface area contributed by atoms with Gasteiger partial charge in [-0.1, -0.05) is 28.1 Å². The summed E-state index contributed by atoms with van der Waals surface area (Å²) in [5.74, 6) is 0.207. The summed E-state index contributed by atoms with van der Waals surface area (Å²) in [6, 6.07) is 6.21. The summed E-state index contributed by atoms with van der Waals surface area (Å²) >= 11 is 3.60. The molecule has 2 N–H and O–H groups in total. The molecule has 1 aromatic rings. The highest BCUT2D eigenvalue weighted by Gasteiger charge is 2.42. The fourth-order valence-corrected chi connectivity index (χ4v) is 3.94. The molecule has 21 heavy (non-hydrogen) atoms. The fraction of sp³-hybridized carbons (Fsp3) is 0.562. The monoisotopic (exact) mass is 352 g/mol. The highest BCUT2D eigenvalue weighted by Crippen LogP contribution is 2.34. The third-order valence-corrected chi connectivity index (χ3v) is 5.53. The average molecular weight is 353 g/mol. The minimum Gasteiger partial charge on any atom is -0.381 e. The van der Waals surface area contributed by atoms with Crippen LogP contribution in [-0.4, -0.2) is 37.1 Å². The van der Waals surface area contributed by atoms with Crippen molar-refractivity contribution in [2.24, 2.45) is 11.1 Å². The second-order valence-electron chi connectivity index (χ2n) is 5.95. The number of benzene rings is 1. The van der Waals surface area contributed by atoms with Crippen molar-refractivity contribution >= 4 is 21.8 Å². The van der Waals surface area contributed by atoms with E-state index in [2.05, 4.69) is 28.1 Å². The molecule has 1 aromatic carbocycles. The van der Waals surface area contributed by atoms with Gasteiger partial charge in [0.1, 0.15) is 0 Å². The van der Waals surface area contributed by atoms with Crippen LogP contribution >= 0.6 is 15.9 Å². The second kappa shape index (κ2) is 6.07. The van der Waals surface area contributed by atoms with Gasteiger partial charge in [-0.15, -0.1) is 0 Å². The summed E-state index contributed by atoms with van der Waals surface area (Å²) in [6.45, 7) is 3.15. The van der Waals surface area contributed by atoms with Crippen molar-refractivity contribution in [1.82, 2.24) is 4.90 Å². The zero-order chi connectivity index (χ0) is 14.9. The number of halogens is 1. The van der Waals surface area contributed by atoms with Gasteiger partial charge in [0, 0.05) is 37.3 Å². The molecule has 4 nitrogen and oxygen atoms in total. The number of fused-ring (bicyclic) bond motifs is 1. The number of nitrogens with zero attached hydrogens (tertiary/aromatic N) is 1. The van der Waals surface area contributed by atoms with E-state index in [1.54, 1.807) is 0 Å². The molecule has 2 aliphatic heterocycles. The maximum atomic E-state index is 13.0. The van der Waals surface area contributed by atoms with Crippen LogP contribution in [0.3, 0.4) is 0 Å². The molecule has 0 radical (unpaired) electrons. The Kier molecular flexibility index (Phi) is 4.33. The van der Waals surface area contributed by atoms with Crippen LogP contribution in [0.25, 0.3) is 0 Å². The first-order valence-corrected chi connectivity index (χ1v) is 8.29. The van der Waals surface area contributed by atoms with E-state index in [1.807, 2.05) is 11.0 Å². The molecular weight excluding hydrogens is 332 g/mol. The van der Waals surface area contributed by atoms with Gasteiger partial charge in [-0.2, -0.15) is 0 Å². The highest BCUT2D eigenvalue weighted by atomic mass is 79.9. The van der Waals surface area contributed by atoms with Gasteiger partial charge in [-0.3, -0.25) is 4.79 Å². The van der Waals surface area contributed by atoms with Gasteiger partial charge in [-0.05, 0) is 36.5 Å². The first kappa shape index (κ1) is 15.0. The van der Waals surface area contributed by atoms with Gasteiger partial charge < -0.3 is 15.4 Å². The number of nitrogens with two attached hydrogens (primary N) is 1. The molecule has 2 aliphatic rings. The lowest BCUT2D eigenvalue weighted by Crippen LogP contribution is -2.51. The Morgan fingerprint density at radius 2 is 2.14 bits per heavy atom. The van der Waals surface area contributed by atoms with Crippen LogP contribution < -0.4 is 5.73 Å². The van der Waals surface area contributed by atoms with Gasteiger partial charge >= 0.3 is 0 Å². The van der Waals surface area contributed by atoms with Gasteiger partial charge in [0.25, 0.3) is 0 Å². The van der Waals surface area contributed by atoms with Crippen LogP contribution in [0.5, 0.6) is 0 Å². The molecule has 1 saturated heterocycles. The zero-order valence-corrected chi connectivity index (χ0v) is 13.7. The van der Waals surface area contributed by atoms with Gasteiger partial charge in [0.15, 0.2) is 0 Å². The number of carbonyl (C=O) groups excluding carboxylic acids is 1. The Labute approximate surface area is 133 Å². The van der Waals surface area contributed by atoms with Gasteiger partial charge in [0.2, 0.25) is 5.91 Å². The molecule has 1 fully saturated rings. The molecule has 0 spiro atoms. The third kappa shape index (κ3) is 2.74. The Bertz CT molecular complexity index is 541.